The summed E-state index contributed by atoms with van der Waals surface area (Å²) in [7, 11) is 0. The second-order valence-electron chi connectivity index (χ2n) is 11.7. The molecule has 206 valence electrons. The van der Waals surface area contributed by atoms with Crippen LogP contribution in [-0.4, -0.2) is 43.5 Å². The third kappa shape index (κ3) is 3.38. The van der Waals surface area contributed by atoms with Crippen molar-refractivity contribution in [1.29, 1.82) is 0 Å². The van der Waals surface area contributed by atoms with Crippen LogP contribution in [0.5, 0.6) is 0 Å². The van der Waals surface area contributed by atoms with Crippen molar-refractivity contribution < 1.29 is 18.9 Å². The van der Waals surface area contributed by atoms with Crippen molar-refractivity contribution in [3.8, 4) is 0 Å². The number of nitrogens with zero attached hydrogens (tertiary/aromatic N) is 3. The maximum absolute atomic E-state index is 14.5. The molecule has 0 N–H and O–H groups in total. The number of halogens is 1. The van der Waals surface area contributed by atoms with Crippen LogP contribution >= 0.6 is 15.9 Å². The summed E-state index contributed by atoms with van der Waals surface area (Å²) in [6, 6.07) is 19.6. The molecule has 7 nitrogen and oxygen atoms in total. The molecule has 2 aliphatic carbocycles. The maximum atomic E-state index is 14.5. The number of carbonyl (C=O) groups is 3. The molecule has 2 aromatic carbocycles. The van der Waals surface area contributed by atoms with Crippen molar-refractivity contribution in [2.45, 2.75) is 57.2 Å². The van der Waals surface area contributed by atoms with E-state index in [9.17, 15) is 14.4 Å². The number of unbranched alkanes of at least 4 members (excludes halogenated alkanes) is 1. The van der Waals surface area contributed by atoms with Crippen LogP contribution in [0.25, 0.3) is 11.1 Å². The summed E-state index contributed by atoms with van der Waals surface area (Å²) in [5.41, 5.74) is 1.09. The monoisotopic (exact) mass is 601 g/mol. The lowest BCUT2D eigenvalue weighted by atomic mass is 9.63. The number of benzene rings is 2. The van der Waals surface area contributed by atoms with Crippen molar-refractivity contribution in [3.05, 3.63) is 83.5 Å². The number of alkyl halides is 1. The van der Waals surface area contributed by atoms with Crippen LogP contribution in [0.1, 0.15) is 68.8 Å². The van der Waals surface area contributed by atoms with Gasteiger partial charge in [-0.3, -0.25) is 19.3 Å². The smallest absolute Gasteiger partial charge is 0.248 e. The Kier molecular flexibility index (Phi) is 6.26. The first kappa shape index (κ1) is 26.8. The zero-order chi connectivity index (χ0) is 28.4. The molecule has 4 unspecified atom stereocenters. The Labute approximate surface area is 242 Å². The minimum atomic E-state index is -1.35. The lowest BCUT2D eigenvalue weighted by molar-refractivity contribution is -0.144. The summed E-state index contributed by atoms with van der Waals surface area (Å²) in [6.45, 7) is 7.84. The SMILES string of the molecule is Cc1noc([C@@H](C)CCCCN2C(=O)C3C4(C)C(=O)C(C)(C(c5ccccc5)=C4c4ccccc4)C3(Br)C2=O)n1. The largest absolute Gasteiger partial charge is 0.339 e. The topological polar surface area (TPSA) is 93.4 Å². The van der Waals surface area contributed by atoms with Gasteiger partial charge in [0.2, 0.25) is 17.7 Å². The highest BCUT2D eigenvalue weighted by molar-refractivity contribution is 9.10. The minimum absolute atomic E-state index is 0.0791. The van der Waals surface area contributed by atoms with Crippen LogP contribution in [0.3, 0.4) is 0 Å². The van der Waals surface area contributed by atoms with E-state index in [1.54, 1.807) is 6.92 Å². The average Bonchev–Trinajstić information content (AvgIpc) is 3.57. The summed E-state index contributed by atoms with van der Waals surface area (Å²) in [5.74, 6) is -0.203. The fourth-order valence-corrected chi connectivity index (χ4v) is 8.67. The summed E-state index contributed by atoms with van der Waals surface area (Å²) in [4.78, 5) is 48.5. The highest BCUT2D eigenvalue weighted by Gasteiger charge is 2.85. The second-order valence-corrected chi connectivity index (χ2v) is 12.9. The molecule has 2 amide bonds. The Bertz CT molecular complexity index is 1550. The Hall–Kier alpha value is -3.39. The normalized spacial score (nSPS) is 30.0. The van der Waals surface area contributed by atoms with E-state index in [1.807, 2.05) is 81.4 Å². The number of ketones is 1. The fourth-order valence-electron chi connectivity index (χ4n) is 7.43. The van der Waals surface area contributed by atoms with Gasteiger partial charge in [-0.05, 0) is 55.9 Å². The molecule has 3 aliphatic rings. The van der Waals surface area contributed by atoms with Crippen molar-refractivity contribution in [1.82, 2.24) is 15.0 Å². The van der Waals surface area contributed by atoms with Gasteiger partial charge in [0.1, 0.15) is 4.32 Å². The molecule has 2 bridgehead atoms. The highest BCUT2D eigenvalue weighted by atomic mass is 79.9. The van der Waals surface area contributed by atoms with E-state index in [1.165, 1.54) is 4.90 Å². The molecule has 2 fully saturated rings. The third-order valence-corrected chi connectivity index (χ3v) is 10.9. The zero-order valence-electron chi connectivity index (χ0n) is 23.1. The molecule has 1 saturated heterocycles. The number of hydrogen-bond acceptors (Lipinski definition) is 6. The van der Waals surface area contributed by atoms with Crippen LogP contribution in [0.2, 0.25) is 0 Å². The molecule has 8 heteroatoms. The Morgan fingerprint density at radius 2 is 1.55 bits per heavy atom. The van der Waals surface area contributed by atoms with Crippen LogP contribution in [0.4, 0.5) is 0 Å². The van der Waals surface area contributed by atoms with Crippen LogP contribution in [0.15, 0.2) is 65.2 Å². The molecular weight excluding hydrogens is 570 g/mol. The maximum Gasteiger partial charge on any atom is 0.248 e. The van der Waals surface area contributed by atoms with E-state index in [4.69, 9.17) is 4.52 Å². The molecule has 1 saturated carbocycles. The summed E-state index contributed by atoms with van der Waals surface area (Å²) in [6.07, 6.45) is 2.24. The quantitative estimate of drug-likeness (QED) is 0.179. The van der Waals surface area contributed by atoms with Gasteiger partial charge in [-0.25, -0.2) is 0 Å². The van der Waals surface area contributed by atoms with Gasteiger partial charge in [0, 0.05) is 12.5 Å². The molecule has 6 rings (SSSR count). The molecule has 1 aliphatic heterocycles. The zero-order valence-corrected chi connectivity index (χ0v) is 24.7. The molecule has 0 spiro atoms. The molecule has 0 radical (unpaired) electrons. The number of Topliss-reactive ketones (excluding diaryl/α,β-unsaturated/α-hetero) is 1. The van der Waals surface area contributed by atoms with Gasteiger partial charge in [-0.1, -0.05) is 95.1 Å². The lowest BCUT2D eigenvalue weighted by Crippen LogP contribution is -2.50. The number of allylic oxidation sites excluding steroid dienone is 2. The minimum Gasteiger partial charge on any atom is -0.339 e. The first-order valence-corrected chi connectivity index (χ1v) is 14.6. The fraction of sp³-hybridized carbons (Fsp3) is 0.406. The van der Waals surface area contributed by atoms with E-state index in [0.717, 1.165) is 35.1 Å². The van der Waals surface area contributed by atoms with Crippen LogP contribution in [0, 0.1) is 23.7 Å². The second kappa shape index (κ2) is 9.33. The number of carbonyl (C=O) groups excluding carboxylic acids is 3. The molecule has 5 atom stereocenters. The van der Waals surface area contributed by atoms with Gasteiger partial charge >= 0.3 is 0 Å². The van der Waals surface area contributed by atoms with Crippen LogP contribution < -0.4 is 0 Å². The Balaban J connectivity index is 1.35. The number of imide groups is 1. The van der Waals surface area contributed by atoms with Crippen molar-refractivity contribution >= 4 is 44.7 Å². The van der Waals surface area contributed by atoms with E-state index in [2.05, 4.69) is 26.1 Å². The Morgan fingerprint density at radius 1 is 0.950 bits per heavy atom. The summed E-state index contributed by atoms with van der Waals surface area (Å²) >= 11 is 3.82. The molecular formula is C32H32BrN3O4. The molecule has 1 aromatic heterocycles. The number of likely N-dealkylation sites (tertiary alicyclic amines) is 1. The van der Waals surface area contributed by atoms with Gasteiger partial charge < -0.3 is 4.52 Å². The van der Waals surface area contributed by atoms with Crippen LogP contribution in [-0.2, 0) is 14.4 Å². The first-order chi connectivity index (χ1) is 19.1. The predicted molar refractivity (Wildman–Crippen MR) is 154 cm³/mol. The number of aromatic nitrogens is 2. The number of hydrogen-bond donors (Lipinski definition) is 0. The van der Waals surface area contributed by atoms with Gasteiger partial charge in [-0.2, -0.15) is 4.98 Å². The summed E-state index contributed by atoms with van der Waals surface area (Å²) < 4.78 is 3.94. The summed E-state index contributed by atoms with van der Waals surface area (Å²) in [5, 5.41) is 3.86. The van der Waals surface area contributed by atoms with Crippen molar-refractivity contribution in [3.63, 3.8) is 0 Å². The number of aryl methyl sites for hydroxylation is 1. The van der Waals surface area contributed by atoms with Crippen molar-refractivity contribution in [2.24, 2.45) is 16.7 Å². The van der Waals surface area contributed by atoms with Gasteiger partial charge in [0.05, 0.1) is 16.7 Å². The predicted octanol–water partition coefficient (Wildman–Crippen LogP) is 5.99. The standard InChI is InChI=1S/C32H32BrN3O4/c1-19(26-34-20(2)35-40-26)13-11-12-18-36-27(37)25-30(3)23(21-14-7-5-8-15-21)24(22-16-9-6-10-17-22)31(4,28(30)38)32(25,33)29(36)39/h5-10,14-17,19,25H,11-13,18H2,1-4H3/t19-,25?,30?,31?,32?/m0/s1. The molecule has 2 heterocycles. The lowest BCUT2D eigenvalue weighted by Gasteiger charge is -2.41. The molecule has 3 aromatic rings. The van der Waals surface area contributed by atoms with Gasteiger partial charge in [0.25, 0.3) is 0 Å². The van der Waals surface area contributed by atoms with E-state index in [-0.39, 0.29) is 23.5 Å². The van der Waals surface area contributed by atoms with Gasteiger partial charge in [0.15, 0.2) is 11.6 Å². The molecule has 40 heavy (non-hydrogen) atoms. The number of rotatable bonds is 8. The van der Waals surface area contributed by atoms with E-state index in [0.29, 0.717) is 24.7 Å². The van der Waals surface area contributed by atoms with E-state index < -0.39 is 21.1 Å². The number of fused-ring (bicyclic) bond motifs is 5. The Morgan fingerprint density at radius 3 is 2.12 bits per heavy atom. The van der Waals surface area contributed by atoms with Gasteiger partial charge in [-0.15, -0.1) is 0 Å². The highest BCUT2D eigenvalue weighted by Crippen LogP contribution is 2.77. The number of amides is 2. The first-order valence-electron chi connectivity index (χ1n) is 13.8. The average molecular weight is 603 g/mol. The third-order valence-electron chi connectivity index (χ3n) is 9.33. The van der Waals surface area contributed by atoms with E-state index >= 15 is 0 Å². The van der Waals surface area contributed by atoms with Crippen molar-refractivity contribution in [2.75, 3.05) is 6.54 Å².